The number of anilines is 1. The predicted octanol–water partition coefficient (Wildman–Crippen LogP) is 3.19. The molecule has 1 aliphatic rings. The van der Waals surface area contributed by atoms with Crippen molar-refractivity contribution in [2.75, 3.05) is 12.0 Å². The van der Waals surface area contributed by atoms with Gasteiger partial charge in [-0.2, -0.15) is 13.2 Å². The van der Waals surface area contributed by atoms with Crippen LogP contribution in [0, 0.1) is 0 Å². The van der Waals surface area contributed by atoms with Gasteiger partial charge in [-0.3, -0.25) is 0 Å². The molecule has 2 heterocycles. The molecule has 0 aliphatic carbocycles. The molecule has 10 heteroatoms. The first kappa shape index (κ1) is 19.6. The Kier molecular flexibility index (Phi) is 5.15. The van der Waals surface area contributed by atoms with E-state index >= 15 is 0 Å². The highest BCUT2D eigenvalue weighted by atomic mass is 32.2. The van der Waals surface area contributed by atoms with Crippen LogP contribution in [0.2, 0.25) is 0 Å². The van der Waals surface area contributed by atoms with Crippen LogP contribution in [-0.4, -0.2) is 20.1 Å². The largest absolute Gasteiger partial charge is 0.418 e. The Bertz CT molecular complexity index is 962. The first-order valence-electron chi connectivity index (χ1n) is 8.20. The summed E-state index contributed by atoms with van der Waals surface area (Å²) >= 11 is 0. The van der Waals surface area contributed by atoms with Crippen molar-refractivity contribution < 1.29 is 26.3 Å². The lowest BCUT2D eigenvalue weighted by atomic mass is 9.90. The smallest absolute Gasteiger partial charge is 0.362 e. The third-order valence-electron chi connectivity index (χ3n) is 4.28. The van der Waals surface area contributed by atoms with E-state index < -0.39 is 32.9 Å². The van der Waals surface area contributed by atoms with Gasteiger partial charge in [0.2, 0.25) is 0 Å². The van der Waals surface area contributed by atoms with Gasteiger partial charge in [0.1, 0.15) is 12.8 Å². The molecule has 0 radical (unpaired) electrons. The molecule has 0 fully saturated rings. The molecule has 27 heavy (non-hydrogen) atoms. The van der Waals surface area contributed by atoms with Crippen molar-refractivity contribution in [2.24, 2.45) is 5.14 Å². The number of para-hydroxylation sites is 1. The second-order valence-electron chi connectivity index (χ2n) is 6.12. The zero-order valence-electron chi connectivity index (χ0n) is 14.4. The van der Waals surface area contributed by atoms with Crippen molar-refractivity contribution in [3.05, 3.63) is 52.7 Å². The van der Waals surface area contributed by atoms with E-state index in [9.17, 15) is 21.6 Å². The van der Waals surface area contributed by atoms with Crippen LogP contribution in [0.15, 0.2) is 35.5 Å². The Labute approximate surface area is 154 Å². The fraction of sp³-hybridized carbons (Fsp3) is 0.353. The Morgan fingerprint density at radius 3 is 2.67 bits per heavy atom. The maximum Gasteiger partial charge on any atom is 0.418 e. The molecule has 0 spiro atoms. The van der Waals surface area contributed by atoms with Crippen molar-refractivity contribution >= 4 is 15.7 Å². The molecule has 1 atom stereocenters. The predicted molar refractivity (Wildman–Crippen MR) is 92.5 cm³/mol. The standard InChI is InChI=1S/C17H18F3N3O3S/c1-2-5-11-14(15-10-6-3-4-7-13(10)23-9-26-15)12(17(18,19)20)8-22-16(11)27(21,24)25/h3-4,6-8,15,23H,2,5,9H2,1H3,(H2,21,24,25). The number of nitrogens with zero attached hydrogens (tertiary/aromatic N) is 1. The number of pyridine rings is 1. The third-order valence-corrected chi connectivity index (χ3v) is 5.17. The number of primary sulfonamides is 1. The van der Waals surface area contributed by atoms with E-state index in [1.54, 1.807) is 31.2 Å². The van der Waals surface area contributed by atoms with Crippen molar-refractivity contribution in [3.63, 3.8) is 0 Å². The first-order valence-corrected chi connectivity index (χ1v) is 9.75. The third kappa shape index (κ3) is 3.78. The summed E-state index contributed by atoms with van der Waals surface area (Å²) in [6, 6.07) is 6.78. The molecule has 0 saturated carbocycles. The Balaban J connectivity index is 2.36. The van der Waals surface area contributed by atoms with Crippen molar-refractivity contribution in [1.29, 1.82) is 0 Å². The van der Waals surface area contributed by atoms with Gasteiger partial charge in [0.05, 0.1) is 5.56 Å². The summed E-state index contributed by atoms with van der Waals surface area (Å²) in [4.78, 5) is 3.54. The zero-order valence-corrected chi connectivity index (χ0v) is 15.2. The zero-order chi connectivity index (χ0) is 19.8. The van der Waals surface area contributed by atoms with Crippen LogP contribution < -0.4 is 10.5 Å². The molecule has 146 valence electrons. The SMILES string of the molecule is CCCc1c(S(N)(=O)=O)ncc(C(F)(F)F)c1C1OCNc2ccccc21. The fourth-order valence-corrected chi connectivity index (χ4v) is 3.98. The second-order valence-corrected chi connectivity index (χ2v) is 7.59. The van der Waals surface area contributed by atoms with Crippen LogP contribution in [-0.2, 0) is 27.4 Å². The molecule has 0 bridgehead atoms. The summed E-state index contributed by atoms with van der Waals surface area (Å²) in [5.41, 5.74) is -0.231. The van der Waals surface area contributed by atoms with E-state index in [-0.39, 0.29) is 24.3 Å². The number of halogens is 3. The molecule has 6 nitrogen and oxygen atoms in total. The Morgan fingerprint density at radius 2 is 2.04 bits per heavy atom. The van der Waals surface area contributed by atoms with Crippen molar-refractivity contribution in [2.45, 2.75) is 37.1 Å². The Morgan fingerprint density at radius 1 is 1.33 bits per heavy atom. The maximum absolute atomic E-state index is 13.7. The van der Waals surface area contributed by atoms with Gasteiger partial charge in [-0.05, 0) is 18.1 Å². The minimum atomic E-state index is -4.73. The monoisotopic (exact) mass is 401 g/mol. The number of nitrogens with two attached hydrogens (primary N) is 1. The highest BCUT2D eigenvalue weighted by molar-refractivity contribution is 7.89. The average Bonchev–Trinajstić information content (AvgIpc) is 2.59. The number of hydrogen-bond acceptors (Lipinski definition) is 5. The highest BCUT2D eigenvalue weighted by Gasteiger charge is 2.40. The average molecular weight is 401 g/mol. The van der Waals surface area contributed by atoms with E-state index in [2.05, 4.69) is 10.3 Å². The van der Waals surface area contributed by atoms with Gasteiger partial charge in [-0.1, -0.05) is 31.5 Å². The normalized spacial score (nSPS) is 17.3. The van der Waals surface area contributed by atoms with E-state index in [0.29, 0.717) is 23.9 Å². The van der Waals surface area contributed by atoms with Gasteiger partial charge in [0.25, 0.3) is 10.0 Å². The minimum Gasteiger partial charge on any atom is -0.362 e. The number of aromatic nitrogens is 1. The number of benzene rings is 1. The van der Waals surface area contributed by atoms with Gasteiger partial charge < -0.3 is 10.1 Å². The number of ether oxygens (including phenoxy) is 1. The number of fused-ring (bicyclic) bond motifs is 1. The summed E-state index contributed by atoms with van der Waals surface area (Å²) in [7, 11) is -4.31. The second kappa shape index (κ2) is 7.10. The van der Waals surface area contributed by atoms with Crippen molar-refractivity contribution in [3.8, 4) is 0 Å². The van der Waals surface area contributed by atoms with Crippen LogP contribution >= 0.6 is 0 Å². The van der Waals surface area contributed by atoms with E-state index in [4.69, 9.17) is 9.88 Å². The number of hydrogen-bond donors (Lipinski definition) is 2. The summed E-state index contributed by atoms with van der Waals surface area (Å²) in [5.74, 6) is 0. The molecular formula is C17H18F3N3O3S. The molecule has 2 aromatic rings. The summed E-state index contributed by atoms with van der Waals surface area (Å²) in [5, 5.41) is 7.62. The number of sulfonamides is 1. The van der Waals surface area contributed by atoms with Gasteiger partial charge >= 0.3 is 6.18 Å². The van der Waals surface area contributed by atoms with Gasteiger partial charge in [-0.15, -0.1) is 0 Å². The number of nitrogens with one attached hydrogen (secondary N) is 1. The molecule has 1 aromatic heterocycles. The van der Waals surface area contributed by atoms with Gasteiger partial charge in [0, 0.05) is 23.0 Å². The lowest BCUT2D eigenvalue weighted by molar-refractivity contribution is -0.139. The molecule has 1 aliphatic heterocycles. The van der Waals surface area contributed by atoms with Gasteiger partial charge in [-0.25, -0.2) is 18.5 Å². The molecule has 0 saturated heterocycles. The number of alkyl halides is 3. The molecular weight excluding hydrogens is 383 g/mol. The lowest BCUT2D eigenvalue weighted by Crippen LogP contribution is -2.27. The topological polar surface area (TPSA) is 94.3 Å². The minimum absolute atomic E-state index is 0.0163. The molecule has 3 N–H and O–H groups in total. The maximum atomic E-state index is 13.7. The first-order chi connectivity index (χ1) is 12.6. The molecule has 1 aromatic carbocycles. The van der Waals surface area contributed by atoms with Gasteiger partial charge in [0.15, 0.2) is 5.03 Å². The fourth-order valence-electron chi connectivity index (χ4n) is 3.23. The number of rotatable bonds is 4. The van der Waals surface area contributed by atoms with E-state index in [1.807, 2.05) is 0 Å². The molecule has 0 amide bonds. The van der Waals surface area contributed by atoms with Crippen LogP contribution in [0.25, 0.3) is 0 Å². The Hall–Kier alpha value is -2.17. The highest BCUT2D eigenvalue weighted by Crippen LogP contribution is 2.44. The van der Waals surface area contributed by atoms with E-state index in [0.717, 1.165) is 0 Å². The quantitative estimate of drug-likeness (QED) is 0.821. The molecule has 1 unspecified atom stereocenters. The van der Waals surface area contributed by atoms with Crippen LogP contribution in [0.3, 0.4) is 0 Å². The lowest BCUT2D eigenvalue weighted by Gasteiger charge is -2.31. The summed E-state index contributed by atoms with van der Waals surface area (Å²) < 4.78 is 70.7. The molecule has 3 rings (SSSR count). The summed E-state index contributed by atoms with van der Waals surface area (Å²) in [6.07, 6.45) is -4.84. The van der Waals surface area contributed by atoms with Crippen LogP contribution in [0.5, 0.6) is 0 Å². The van der Waals surface area contributed by atoms with Crippen molar-refractivity contribution in [1.82, 2.24) is 4.98 Å². The summed E-state index contributed by atoms with van der Waals surface area (Å²) in [6.45, 7) is 1.71. The van der Waals surface area contributed by atoms with Crippen LogP contribution in [0.4, 0.5) is 18.9 Å². The van der Waals surface area contributed by atoms with Crippen LogP contribution in [0.1, 0.15) is 41.7 Å². The van der Waals surface area contributed by atoms with E-state index in [1.165, 1.54) is 0 Å².